The Morgan fingerprint density at radius 1 is 1.42 bits per heavy atom. The molecule has 2 N–H and O–H groups in total. The van der Waals surface area contributed by atoms with Crippen molar-refractivity contribution < 1.29 is 13.6 Å². The number of benzene rings is 1. The molecule has 1 atom stereocenters. The molecule has 0 spiro atoms. The number of ketones is 1. The fourth-order valence-electron chi connectivity index (χ4n) is 1.38. The summed E-state index contributed by atoms with van der Waals surface area (Å²) in [5.74, 6) is -2.02. The molecule has 0 fully saturated rings. The van der Waals surface area contributed by atoms with Crippen LogP contribution in [0.15, 0.2) is 22.5 Å². The predicted octanol–water partition coefficient (Wildman–Crippen LogP) is 2.76. The monoisotopic (exact) mass is 301 g/mol. The van der Waals surface area contributed by atoms with Gasteiger partial charge in [0.25, 0.3) is 0 Å². The summed E-state index contributed by atoms with van der Waals surface area (Å²) in [4.78, 5) is 12.0. The van der Waals surface area contributed by atoms with Crippen molar-refractivity contribution in [1.29, 1.82) is 0 Å². The zero-order valence-corrected chi connectivity index (χ0v) is 11.4. The maximum atomic E-state index is 13.5. The Balaban J connectivity index is 2.14. The number of halogens is 2. The van der Waals surface area contributed by atoms with Gasteiger partial charge < -0.3 is 5.73 Å². The van der Waals surface area contributed by atoms with E-state index in [1.54, 1.807) is 6.92 Å². The number of aromatic nitrogens is 2. The highest BCUT2D eigenvalue weighted by Gasteiger charge is 2.21. The number of nitrogens with two attached hydrogens (primary N) is 1. The molecule has 0 saturated carbocycles. The predicted molar refractivity (Wildman–Crippen MR) is 70.3 cm³/mol. The third kappa shape index (κ3) is 3.27. The molecule has 0 aliphatic carbocycles. The molecule has 2 aromatic rings. The third-order valence-corrected chi connectivity index (χ3v) is 4.20. The lowest BCUT2D eigenvalue weighted by Gasteiger charge is -2.08. The van der Waals surface area contributed by atoms with Gasteiger partial charge in [-0.15, -0.1) is 10.2 Å². The highest BCUT2D eigenvalue weighted by molar-refractivity contribution is 8.02. The summed E-state index contributed by atoms with van der Waals surface area (Å²) in [6, 6.07) is 2.88. The summed E-state index contributed by atoms with van der Waals surface area (Å²) in [5, 5.41) is 7.13. The minimum Gasteiger partial charge on any atom is -0.374 e. The molecule has 8 heteroatoms. The molecule has 4 nitrogen and oxygen atoms in total. The summed E-state index contributed by atoms with van der Waals surface area (Å²) in [7, 11) is 0. The molecule has 100 valence electrons. The Labute approximate surface area is 116 Å². The van der Waals surface area contributed by atoms with Crippen LogP contribution in [0.4, 0.5) is 13.9 Å². The lowest BCUT2D eigenvalue weighted by atomic mass is 10.1. The summed E-state index contributed by atoms with van der Waals surface area (Å²) in [6.07, 6.45) is 0. The van der Waals surface area contributed by atoms with Crippen molar-refractivity contribution in [2.45, 2.75) is 16.5 Å². The van der Waals surface area contributed by atoms with E-state index in [9.17, 15) is 13.6 Å². The van der Waals surface area contributed by atoms with Gasteiger partial charge in [0.1, 0.15) is 11.6 Å². The van der Waals surface area contributed by atoms with E-state index in [0.717, 1.165) is 35.2 Å². The molecular formula is C11H9F2N3OS2. The Morgan fingerprint density at radius 3 is 2.74 bits per heavy atom. The van der Waals surface area contributed by atoms with Gasteiger partial charge in [-0.2, -0.15) is 0 Å². The van der Waals surface area contributed by atoms with Gasteiger partial charge >= 0.3 is 0 Å². The second-order valence-corrected chi connectivity index (χ2v) is 6.25. The molecule has 0 saturated heterocycles. The second kappa shape index (κ2) is 5.62. The maximum absolute atomic E-state index is 13.5. The fraction of sp³-hybridized carbons (Fsp3) is 0.182. The van der Waals surface area contributed by atoms with Crippen molar-refractivity contribution in [3.63, 3.8) is 0 Å². The summed E-state index contributed by atoms with van der Waals surface area (Å²) < 4.78 is 26.8. The summed E-state index contributed by atoms with van der Waals surface area (Å²) >= 11 is 2.28. The van der Waals surface area contributed by atoms with E-state index in [4.69, 9.17) is 5.73 Å². The van der Waals surface area contributed by atoms with Crippen molar-refractivity contribution in [2.75, 3.05) is 5.73 Å². The average molecular weight is 301 g/mol. The molecule has 0 aliphatic heterocycles. The molecule has 0 radical (unpaired) electrons. The lowest BCUT2D eigenvalue weighted by molar-refractivity contribution is 0.0990. The molecule has 19 heavy (non-hydrogen) atoms. The number of Topliss-reactive ketones (excluding diaryl/α,β-unsaturated/α-hetero) is 1. The van der Waals surface area contributed by atoms with Gasteiger partial charge in [0.05, 0.1) is 10.8 Å². The SMILES string of the molecule is CC(Sc1nnc(N)s1)C(=O)c1ccc(F)cc1F. The van der Waals surface area contributed by atoms with Crippen LogP contribution in [-0.2, 0) is 0 Å². The van der Waals surface area contributed by atoms with Crippen LogP contribution in [0.3, 0.4) is 0 Å². The first kappa shape index (κ1) is 13.9. The molecule has 0 amide bonds. The third-order valence-electron chi connectivity index (χ3n) is 2.27. The Hall–Kier alpha value is -1.54. The van der Waals surface area contributed by atoms with E-state index < -0.39 is 22.7 Å². The van der Waals surface area contributed by atoms with E-state index in [1.165, 1.54) is 0 Å². The van der Waals surface area contributed by atoms with E-state index in [1.807, 2.05) is 0 Å². The number of nitrogen functional groups attached to an aromatic ring is 1. The van der Waals surface area contributed by atoms with E-state index in [-0.39, 0.29) is 5.56 Å². The fourth-order valence-corrected chi connectivity index (χ4v) is 3.23. The number of nitrogens with zero attached hydrogens (tertiary/aromatic N) is 2. The maximum Gasteiger partial charge on any atom is 0.203 e. The van der Waals surface area contributed by atoms with Gasteiger partial charge in [-0.25, -0.2) is 8.78 Å². The first-order valence-electron chi connectivity index (χ1n) is 5.22. The van der Waals surface area contributed by atoms with Gasteiger partial charge in [0.15, 0.2) is 10.1 Å². The zero-order chi connectivity index (χ0) is 14.0. The van der Waals surface area contributed by atoms with Crippen LogP contribution >= 0.6 is 23.1 Å². The number of anilines is 1. The minimum atomic E-state index is -0.866. The molecule has 1 aromatic heterocycles. The Kier molecular flexibility index (Phi) is 4.11. The van der Waals surface area contributed by atoms with Crippen molar-refractivity contribution in [1.82, 2.24) is 10.2 Å². The molecule has 1 heterocycles. The number of rotatable bonds is 4. The van der Waals surface area contributed by atoms with Crippen LogP contribution in [0.2, 0.25) is 0 Å². The first-order valence-corrected chi connectivity index (χ1v) is 6.92. The molecule has 0 aliphatic rings. The van der Waals surface area contributed by atoms with Crippen LogP contribution in [0.25, 0.3) is 0 Å². The normalized spacial score (nSPS) is 12.4. The molecular weight excluding hydrogens is 292 g/mol. The first-order chi connectivity index (χ1) is 8.97. The number of thioether (sulfide) groups is 1. The van der Waals surface area contributed by atoms with Crippen LogP contribution in [0.5, 0.6) is 0 Å². The van der Waals surface area contributed by atoms with E-state index in [0.29, 0.717) is 15.5 Å². The van der Waals surface area contributed by atoms with Gasteiger partial charge in [0, 0.05) is 6.07 Å². The molecule has 0 bridgehead atoms. The summed E-state index contributed by atoms with van der Waals surface area (Å²) in [6.45, 7) is 1.62. The van der Waals surface area contributed by atoms with Gasteiger partial charge in [-0.1, -0.05) is 23.1 Å². The van der Waals surface area contributed by atoms with Gasteiger partial charge in [-0.05, 0) is 19.1 Å². The summed E-state index contributed by atoms with van der Waals surface area (Å²) in [5.41, 5.74) is 5.29. The van der Waals surface area contributed by atoms with Gasteiger partial charge in [-0.3, -0.25) is 4.79 Å². The highest BCUT2D eigenvalue weighted by Crippen LogP contribution is 2.29. The largest absolute Gasteiger partial charge is 0.374 e. The van der Waals surface area contributed by atoms with Crippen LogP contribution in [0, 0.1) is 11.6 Å². The lowest BCUT2D eigenvalue weighted by Crippen LogP contribution is -2.15. The molecule has 1 aromatic carbocycles. The Morgan fingerprint density at radius 2 is 2.16 bits per heavy atom. The van der Waals surface area contributed by atoms with Crippen LogP contribution in [-0.4, -0.2) is 21.2 Å². The number of hydrogen-bond acceptors (Lipinski definition) is 6. The van der Waals surface area contributed by atoms with Gasteiger partial charge in [0.2, 0.25) is 5.13 Å². The van der Waals surface area contributed by atoms with Crippen molar-refractivity contribution in [2.24, 2.45) is 0 Å². The standard InChI is InChI=1S/C11H9F2N3OS2/c1-5(18-11-16-15-10(14)19-11)9(17)7-3-2-6(12)4-8(7)13/h2-5H,1H3,(H2,14,15). The minimum absolute atomic E-state index is 0.140. The Bertz CT molecular complexity index is 618. The zero-order valence-electron chi connectivity index (χ0n) is 9.76. The average Bonchev–Trinajstić information content (AvgIpc) is 2.74. The van der Waals surface area contributed by atoms with Crippen molar-refractivity contribution >= 4 is 34.0 Å². The molecule has 1 unspecified atom stereocenters. The highest BCUT2D eigenvalue weighted by atomic mass is 32.2. The number of hydrogen-bond donors (Lipinski definition) is 1. The molecule has 2 rings (SSSR count). The van der Waals surface area contributed by atoms with Crippen LogP contribution in [0.1, 0.15) is 17.3 Å². The van der Waals surface area contributed by atoms with Crippen LogP contribution < -0.4 is 5.73 Å². The smallest absolute Gasteiger partial charge is 0.203 e. The van der Waals surface area contributed by atoms with E-state index in [2.05, 4.69) is 10.2 Å². The number of carbonyl (C=O) groups excluding carboxylic acids is 1. The van der Waals surface area contributed by atoms with E-state index >= 15 is 0 Å². The van der Waals surface area contributed by atoms with Crippen molar-refractivity contribution in [3.8, 4) is 0 Å². The number of carbonyl (C=O) groups is 1. The topological polar surface area (TPSA) is 68.9 Å². The van der Waals surface area contributed by atoms with Crippen molar-refractivity contribution in [3.05, 3.63) is 35.4 Å². The second-order valence-electron chi connectivity index (χ2n) is 3.65. The quantitative estimate of drug-likeness (QED) is 0.694.